The largest absolute Gasteiger partial charge is 0.478 e. The Morgan fingerprint density at radius 2 is 1.88 bits per heavy atom. The number of carbonyl (C=O) groups is 2. The molecule has 1 amide bonds. The van der Waals surface area contributed by atoms with Crippen molar-refractivity contribution in [2.24, 2.45) is 0 Å². The van der Waals surface area contributed by atoms with Gasteiger partial charge in [0.25, 0.3) is 0 Å². The first-order chi connectivity index (χ1) is 11.1. The number of alkyl halides is 3. The van der Waals surface area contributed by atoms with E-state index in [2.05, 4.69) is 16.0 Å². The highest BCUT2D eigenvalue weighted by Crippen LogP contribution is 2.29. The molecule has 1 rings (SSSR count). The van der Waals surface area contributed by atoms with Gasteiger partial charge in [-0.3, -0.25) is 4.79 Å². The Balaban J connectivity index is 2.82. The summed E-state index contributed by atoms with van der Waals surface area (Å²) in [5.41, 5.74) is 0.299. The van der Waals surface area contributed by atoms with Crippen LogP contribution in [0.2, 0.25) is 0 Å². The molecule has 24 heavy (non-hydrogen) atoms. The van der Waals surface area contributed by atoms with Gasteiger partial charge >= 0.3 is 5.97 Å². The van der Waals surface area contributed by atoms with Crippen molar-refractivity contribution in [3.63, 3.8) is 0 Å². The van der Waals surface area contributed by atoms with E-state index in [0.29, 0.717) is 6.42 Å². The third-order valence-electron chi connectivity index (χ3n) is 2.79. The molecule has 0 radical (unpaired) electrons. The number of aromatic carboxylic acids is 1. The van der Waals surface area contributed by atoms with Crippen LogP contribution in [0.15, 0.2) is 24.3 Å². The van der Waals surface area contributed by atoms with E-state index in [1.165, 1.54) is 12.1 Å². The second-order valence-corrected chi connectivity index (χ2v) is 7.52. The van der Waals surface area contributed by atoms with Gasteiger partial charge in [0.15, 0.2) is 5.11 Å². The maximum atomic E-state index is 11.7. The summed E-state index contributed by atoms with van der Waals surface area (Å²) >= 11 is 22.6. The maximum Gasteiger partial charge on any atom is 0.337 e. The highest BCUT2D eigenvalue weighted by atomic mass is 35.6. The quantitative estimate of drug-likeness (QED) is 0.326. The summed E-state index contributed by atoms with van der Waals surface area (Å²) in [6.45, 7) is 1.84. The normalized spacial score (nSPS) is 12.2. The monoisotopic (exact) mass is 411 g/mol. The molecule has 1 unspecified atom stereocenters. The van der Waals surface area contributed by atoms with Crippen LogP contribution in [0.3, 0.4) is 0 Å². The molecule has 0 saturated carbocycles. The molecule has 0 aliphatic rings. The van der Waals surface area contributed by atoms with E-state index in [1.807, 2.05) is 6.92 Å². The molecule has 1 atom stereocenters. The molecule has 132 valence electrons. The van der Waals surface area contributed by atoms with E-state index >= 15 is 0 Å². The smallest absolute Gasteiger partial charge is 0.337 e. The standard InChI is InChI=1S/C14H16Cl3N3O3S/c1-2-5-10(21)19-12(14(15,16)17)20-13(24)18-9-7-4-3-6-8(9)11(22)23/h3-4,6-7,12H,2,5H2,1H3,(H,19,21)(H,22,23)(H2,18,20,24). The summed E-state index contributed by atoms with van der Waals surface area (Å²) in [5.74, 6) is -1.43. The van der Waals surface area contributed by atoms with E-state index in [4.69, 9.17) is 52.1 Å². The molecule has 6 nitrogen and oxygen atoms in total. The van der Waals surface area contributed by atoms with Crippen LogP contribution >= 0.6 is 47.0 Å². The van der Waals surface area contributed by atoms with Gasteiger partial charge in [-0.25, -0.2) is 4.79 Å². The van der Waals surface area contributed by atoms with Crippen LogP contribution in [-0.2, 0) is 4.79 Å². The van der Waals surface area contributed by atoms with Crippen molar-refractivity contribution in [2.45, 2.75) is 29.7 Å². The van der Waals surface area contributed by atoms with Crippen LogP contribution in [0.4, 0.5) is 5.69 Å². The molecular formula is C14H16Cl3N3O3S. The fraction of sp³-hybridized carbons (Fsp3) is 0.357. The molecule has 1 aromatic rings. The van der Waals surface area contributed by atoms with Gasteiger partial charge in [0.05, 0.1) is 11.3 Å². The Hall–Kier alpha value is -1.28. The molecule has 0 aliphatic carbocycles. The summed E-state index contributed by atoms with van der Waals surface area (Å²) in [6.07, 6.45) is -0.188. The summed E-state index contributed by atoms with van der Waals surface area (Å²) < 4.78 is -1.86. The van der Waals surface area contributed by atoms with E-state index in [1.54, 1.807) is 12.1 Å². The van der Waals surface area contributed by atoms with Gasteiger partial charge in [-0.1, -0.05) is 53.9 Å². The Labute approximate surface area is 159 Å². The van der Waals surface area contributed by atoms with Crippen molar-refractivity contribution in [1.29, 1.82) is 0 Å². The SMILES string of the molecule is CCCC(=O)NC(NC(=S)Nc1ccccc1C(=O)O)C(Cl)(Cl)Cl. The van der Waals surface area contributed by atoms with Gasteiger partial charge in [-0.15, -0.1) is 0 Å². The molecule has 0 spiro atoms. The fourth-order valence-corrected chi connectivity index (χ4v) is 2.28. The van der Waals surface area contributed by atoms with E-state index < -0.39 is 15.9 Å². The van der Waals surface area contributed by atoms with E-state index in [0.717, 1.165) is 0 Å². The molecule has 0 aromatic heterocycles. The fourth-order valence-electron chi connectivity index (χ4n) is 1.73. The second-order valence-electron chi connectivity index (χ2n) is 4.74. The number of anilines is 1. The molecule has 0 aliphatic heterocycles. The summed E-state index contributed by atoms with van der Waals surface area (Å²) in [7, 11) is 0. The lowest BCUT2D eigenvalue weighted by molar-refractivity contribution is -0.121. The Kier molecular flexibility index (Phi) is 8.02. The minimum Gasteiger partial charge on any atom is -0.478 e. The summed E-state index contributed by atoms with van der Waals surface area (Å²) in [5, 5.41) is 17.0. The van der Waals surface area contributed by atoms with Crippen LogP contribution in [0, 0.1) is 0 Å². The number of amides is 1. The van der Waals surface area contributed by atoms with E-state index in [9.17, 15) is 9.59 Å². The van der Waals surface area contributed by atoms with Gasteiger partial charge in [0, 0.05) is 6.42 Å². The average Bonchev–Trinajstić information content (AvgIpc) is 2.46. The third-order valence-corrected chi connectivity index (χ3v) is 3.67. The topological polar surface area (TPSA) is 90.5 Å². The average molecular weight is 413 g/mol. The number of hydrogen-bond donors (Lipinski definition) is 4. The molecule has 0 saturated heterocycles. The van der Waals surface area contributed by atoms with Crippen LogP contribution in [0.5, 0.6) is 0 Å². The minimum atomic E-state index is -1.86. The first-order valence-electron chi connectivity index (χ1n) is 6.91. The van der Waals surface area contributed by atoms with Crippen molar-refractivity contribution in [1.82, 2.24) is 10.6 Å². The number of thiocarbonyl (C=S) groups is 1. The van der Waals surface area contributed by atoms with Crippen LogP contribution in [-0.4, -0.2) is 32.1 Å². The predicted octanol–water partition coefficient (Wildman–Crippen LogP) is 3.28. The van der Waals surface area contributed by atoms with Gasteiger partial charge in [-0.2, -0.15) is 0 Å². The van der Waals surface area contributed by atoms with Crippen molar-refractivity contribution in [2.75, 3.05) is 5.32 Å². The molecule has 0 heterocycles. The number of halogens is 3. The lowest BCUT2D eigenvalue weighted by Gasteiger charge is -2.28. The molecule has 0 bridgehead atoms. The number of nitrogens with one attached hydrogen (secondary N) is 3. The Morgan fingerprint density at radius 3 is 2.42 bits per heavy atom. The van der Waals surface area contributed by atoms with Crippen molar-refractivity contribution in [3.8, 4) is 0 Å². The number of para-hydroxylation sites is 1. The summed E-state index contributed by atoms with van der Waals surface area (Å²) in [4.78, 5) is 22.9. The van der Waals surface area contributed by atoms with Gasteiger partial charge < -0.3 is 21.1 Å². The Bertz CT molecular complexity index is 623. The van der Waals surface area contributed by atoms with Gasteiger partial charge in [0.1, 0.15) is 6.17 Å². The number of hydrogen-bond acceptors (Lipinski definition) is 3. The molecule has 0 fully saturated rings. The maximum absolute atomic E-state index is 11.7. The lowest BCUT2D eigenvalue weighted by atomic mass is 10.2. The van der Waals surface area contributed by atoms with Crippen molar-refractivity contribution in [3.05, 3.63) is 29.8 Å². The first-order valence-corrected chi connectivity index (χ1v) is 8.45. The zero-order valence-corrected chi connectivity index (χ0v) is 15.7. The number of carboxylic acid groups (broad SMARTS) is 1. The summed E-state index contributed by atoms with van der Waals surface area (Å²) in [6, 6.07) is 6.19. The number of rotatable bonds is 6. The molecule has 4 N–H and O–H groups in total. The number of benzene rings is 1. The molecule has 1 aromatic carbocycles. The van der Waals surface area contributed by atoms with Crippen LogP contribution in [0.25, 0.3) is 0 Å². The highest BCUT2D eigenvalue weighted by Gasteiger charge is 2.34. The van der Waals surface area contributed by atoms with Crippen molar-refractivity contribution < 1.29 is 14.7 Å². The molecular weight excluding hydrogens is 397 g/mol. The second kappa shape index (κ2) is 9.27. The third kappa shape index (κ3) is 6.68. The van der Waals surface area contributed by atoms with Crippen molar-refractivity contribution >= 4 is 69.7 Å². The van der Waals surface area contributed by atoms with Crippen LogP contribution < -0.4 is 16.0 Å². The lowest BCUT2D eigenvalue weighted by Crippen LogP contribution is -2.56. The van der Waals surface area contributed by atoms with Crippen LogP contribution in [0.1, 0.15) is 30.1 Å². The van der Waals surface area contributed by atoms with Gasteiger partial charge in [-0.05, 0) is 30.8 Å². The predicted molar refractivity (Wildman–Crippen MR) is 99.9 cm³/mol. The Morgan fingerprint density at radius 1 is 1.25 bits per heavy atom. The minimum absolute atomic E-state index is 0.00294. The zero-order valence-electron chi connectivity index (χ0n) is 12.6. The number of carbonyl (C=O) groups excluding carboxylic acids is 1. The number of carboxylic acids is 1. The highest BCUT2D eigenvalue weighted by molar-refractivity contribution is 7.80. The van der Waals surface area contributed by atoms with Gasteiger partial charge in [0.2, 0.25) is 9.70 Å². The molecule has 10 heteroatoms. The zero-order chi connectivity index (χ0) is 18.3. The van der Waals surface area contributed by atoms with E-state index in [-0.39, 0.29) is 28.7 Å². The first kappa shape index (κ1) is 20.8.